The molecule has 0 radical (unpaired) electrons. The number of anilines is 1. The van der Waals surface area contributed by atoms with Gasteiger partial charge in [0.2, 0.25) is 0 Å². The summed E-state index contributed by atoms with van der Waals surface area (Å²) in [6.07, 6.45) is 2.79. The first kappa shape index (κ1) is 13.0. The van der Waals surface area contributed by atoms with Gasteiger partial charge in [0.1, 0.15) is 11.8 Å². The number of hydrogen-bond acceptors (Lipinski definition) is 4. The van der Waals surface area contributed by atoms with Crippen LogP contribution in [0.25, 0.3) is 0 Å². The van der Waals surface area contributed by atoms with Crippen molar-refractivity contribution < 1.29 is 9.53 Å². The van der Waals surface area contributed by atoms with E-state index in [-0.39, 0.29) is 0 Å². The number of nitriles is 1. The number of pyridine rings is 1. The Balaban J connectivity index is 2.63. The van der Waals surface area contributed by atoms with E-state index in [4.69, 9.17) is 10.00 Å². The van der Waals surface area contributed by atoms with E-state index in [1.165, 1.54) is 6.20 Å². The Morgan fingerprint density at radius 1 is 1.65 bits per heavy atom. The minimum Gasteiger partial charge on any atom is -0.449 e. The second-order valence-corrected chi connectivity index (χ2v) is 3.56. The fourth-order valence-corrected chi connectivity index (χ4v) is 1.24. The number of ether oxygens (including phenoxy) is 1. The maximum atomic E-state index is 11.4. The van der Waals surface area contributed by atoms with Gasteiger partial charge in [0.15, 0.2) is 0 Å². The third kappa shape index (κ3) is 3.76. The van der Waals surface area contributed by atoms with Gasteiger partial charge in [-0.1, -0.05) is 13.3 Å². The summed E-state index contributed by atoms with van der Waals surface area (Å²) in [4.78, 5) is 15.3. The van der Waals surface area contributed by atoms with Gasteiger partial charge in [-0.15, -0.1) is 0 Å². The molecule has 1 amide bonds. The first-order chi connectivity index (χ1) is 8.19. The number of nitrogens with one attached hydrogen (secondary N) is 1. The molecule has 5 nitrogen and oxygen atoms in total. The Kier molecular flexibility index (Phi) is 4.95. The summed E-state index contributed by atoms with van der Waals surface area (Å²) in [5.41, 5.74) is 1.50. The van der Waals surface area contributed by atoms with Crippen LogP contribution in [0.5, 0.6) is 0 Å². The Morgan fingerprint density at radius 2 is 2.41 bits per heavy atom. The first-order valence-electron chi connectivity index (χ1n) is 5.48. The van der Waals surface area contributed by atoms with Gasteiger partial charge < -0.3 is 4.74 Å². The molecule has 1 rings (SSSR count). The first-order valence-corrected chi connectivity index (χ1v) is 5.48. The highest BCUT2D eigenvalue weighted by Crippen LogP contribution is 2.16. The topological polar surface area (TPSA) is 75.0 Å². The molecular formula is C12H15N3O2. The molecule has 90 valence electrons. The lowest BCUT2D eigenvalue weighted by Crippen LogP contribution is -2.15. The zero-order valence-electron chi connectivity index (χ0n) is 9.99. The van der Waals surface area contributed by atoms with E-state index in [1.54, 1.807) is 13.0 Å². The average Bonchev–Trinajstić information content (AvgIpc) is 2.32. The van der Waals surface area contributed by atoms with Crippen molar-refractivity contribution in [3.8, 4) is 6.07 Å². The molecule has 0 atom stereocenters. The van der Waals surface area contributed by atoms with Gasteiger partial charge in [0.05, 0.1) is 12.3 Å². The summed E-state index contributed by atoms with van der Waals surface area (Å²) >= 11 is 0. The standard InChI is InChI=1S/C12H15N3O2/c1-3-4-7-17-12(16)15-10-5-6-14-11(8-13)9(10)2/h5-6H,3-4,7H2,1-2H3,(H,14,15,16). The Bertz CT molecular complexity index is 438. The maximum absolute atomic E-state index is 11.4. The molecule has 0 unspecified atom stereocenters. The summed E-state index contributed by atoms with van der Waals surface area (Å²) in [6, 6.07) is 3.59. The van der Waals surface area contributed by atoms with Gasteiger partial charge >= 0.3 is 6.09 Å². The van der Waals surface area contributed by atoms with E-state index in [9.17, 15) is 4.79 Å². The molecule has 5 heteroatoms. The van der Waals surface area contributed by atoms with Gasteiger partial charge in [-0.3, -0.25) is 5.32 Å². The molecule has 0 aliphatic heterocycles. The number of nitrogens with zero attached hydrogens (tertiary/aromatic N) is 2. The number of carbonyl (C=O) groups excluding carboxylic acids is 1. The van der Waals surface area contributed by atoms with Crippen molar-refractivity contribution in [1.29, 1.82) is 5.26 Å². The normalized spacial score (nSPS) is 9.47. The molecule has 0 bridgehead atoms. The lowest BCUT2D eigenvalue weighted by Gasteiger charge is -2.09. The summed E-state index contributed by atoms with van der Waals surface area (Å²) in [6.45, 7) is 4.15. The van der Waals surface area contributed by atoms with Crippen LogP contribution < -0.4 is 5.32 Å². The van der Waals surface area contributed by atoms with Crippen LogP contribution in [-0.4, -0.2) is 17.7 Å². The molecule has 0 fully saturated rings. The summed E-state index contributed by atoms with van der Waals surface area (Å²) in [5, 5.41) is 11.4. The van der Waals surface area contributed by atoms with Gasteiger partial charge in [0.25, 0.3) is 0 Å². The van der Waals surface area contributed by atoms with Crippen LogP contribution in [0.2, 0.25) is 0 Å². The van der Waals surface area contributed by atoms with Crippen molar-refractivity contribution in [1.82, 2.24) is 4.98 Å². The van der Waals surface area contributed by atoms with Crippen LogP contribution in [0, 0.1) is 18.3 Å². The van der Waals surface area contributed by atoms with E-state index in [2.05, 4.69) is 10.3 Å². The quantitative estimate of drug-likeness (QED) is 0.811. The monoisotopic (exact) mass is 233 g/mol. The van der Waals surface area contributed by atoms with Crippen molar-refractivity contribution >= 4 is 11.8 Å². The summed E-state index contributed by atoms with van der Waals surface area (Å²) in [5.74, 6) is 0. The third-order valence-corrected chi connectivity index (χ3v) is 2.28. The number of aromatic nitrogens is 1. The summed E-state index contributed by atoms with van der Waals surface area (Å²) in [7, 11) is 0. The molecule has 1 heterocycles. The molecule has 0 saturated carbocycles. The predicted molar refractivity (Wildman–Crippen MR) is 63.6 cm³/mol. The molecule has 1 aromatic heterocycles. The second kappa shape index (κ2) is 6.48. The molecular weight excluding hydrogens is 218 g/mol. The second-order valence-electron chi connectivity index (χ2n) is 3.56. The lowest BCUT2D eigenvalue weighted by molar-refractivity contribution is 0.160. The van der Waals surface area contributed by atoms with Gasteiger partial charge in [-0.2, -0.15) is 5.26 Å². The van der Waals surface area contributed by atoms with Crippen LogP contribution in [0.1, 0.15) is 31.0 Å². The van der Waals surface area contributed by atoms with E-state index in [0.717, 1.165) is 12.8 Å². The van der Waals surface area contributed by atoms with Crippen LogP contribution >= 0.6 is 0 Å². The van der Waals surface area contributed by atoms with Crippen LogP contribution in [0.3, 0.4) is 0 Å². The summed E-state index contributed by atoms with van der Waals surface area (Å²) < 4.78 is 4.96. The highest BCUT2D eigenvalue weighted by molar-refractivity contribution is 5.85. The highest BCUT2D eigenvalue weighted by atomic mass is 16.5. The van der Waals surface area contributed by atoms with Crippen molar-refractivity contribution in [2.24, 2.45) is 0 Å². The largest absolute Gasteiger partial charge is 0.449 e. The molecule has 1 N–H and O–H groups in total. The Hall–Kier alpha value is -2.09. The van der Waals surface area contributed by atoms with Gasteiger partial charge in [-0.05, 0) is 19.4 Å². The van der Waals surface area contributed by atoms with Crippen molar-refractivity contribution in [3.05, 3.63) is 23.5 Å². The van der Waals surface area contributed by atoms with Gasteiger partial charge in [0, 0.05) is 11.8 Å². The number of hydrogen-bond donors (Lipinski definition) is 1. The number of rotatable bonds is 4. The lowest BCUT2D eigenvalue weighted by atomic mass is 10.2. The smallest absolute Gasteiger partial charge is 0.411 e. The molecule has 0 aliphatic rings. The van der Waals surface area contributed by atoms with E-state index >= 15 is 0 Å². The predicted octanol–water partition coefficient (Wildman–Crippen LogP) is 2.61. The highest BCUT2D eigenvalue weighted by Gasteiger charge is 2.08. The minimum atomic E-state index is -0.503. The average molecular weight is 233 g/mol. The van der Waals surface area contributed by atoms with E-state index < -0.39 is 6.09 Å². The Labute approximate surface area is 100 Å². The van der Waals surface area contributed by atoms with Crippen LogP contribution in [-0.2, 0) is 4.74 Å². The van der Waals surface area contributed by atoms with E-state index in [0.29, 0.717) is 23.6 Å². The number of amides is 1. The van der Waals surface area contributed by atoms with Crippen molar-refractivity contribution in [3.63, 3.8) is 0 Å². The zero-order chi connectivity index (χ0) is 12.7. The third-order valence-electron chi connectivity index (χ3n) is 2.28. The molecule has 0 aliphatic carbocycles. The van der Waals surface area contributed by atoms with E-state index in [1.807, 2.05) is 13.0 Å². The molecule has 0 aromatic carbocycles. The van der Waals surface area contributed by atoms with Gasteiger partial charge in [-0.25, -0.2) is 9.78 Å². The molecule has 0 saturated heterocycles. The van der Waals surface area contributed by atoms with Crippen molar-refractivity contribution in [2.45, 2.75) is 26.7 Å². The zero-order valence-corrected chi connectivity index (χ0v) is 9.99. The maximum Gasteiger partial charge on any atom is 0.411 e. The fraction of sp³-hybridized carbons (Fsp3) is 0.417. The molecule has 0 spiro atoms. The molecule has 1 aromatic rings. The molecule has 17 heavy (non-hydrogen) atoms. The minimum absolute atomic E-state index is 0.302. The fourth-order valence-electron chi connectivity index (χ4n) is 1.24. The van der Waals surface area contributed by atoms with Crippen molar-refractivity contribution in [2.75, 3.05) is 11.9 Å². The SMILES string of the molecule is CCCCOC(=O)Nc1ccnc(C#N)c1C. The number of unbranched alkanes of at least 4 members (excludes halogenated alkanes) is 1. The Morgan fingerprint density at radius 3 is 3.06 bits per heavy atom. The van der Waals surface area contributed by atoms with Crippen LogP contribution in [0.15, 0.2) is 12.3 Å². The van der Waals surface area contributed by atoms with Crippen LogP contribution in [0.4, 0.5) is 10.5 Å². The number of carbonyl (C=O) groups is 1.